The van der Waals surface area contributed by atoms with Crippen LogP contribution in [0.25, 0.3) is 5.53 Å². The number of hydrogen-bond acceptors (Lipinski definition) is 1. The van der Waals surface area contributed by atoms with Crippen molar-refractivity contribution in [3.63, 3.8) is 0 Å². The Balaban J connectivity index is 3.31. The Morgan fingerprint density at radius 1 is 1.09 bits per heavy atom. The van der Waals surface area contributed by atoms with Crippen LogP contribution in [0.4, 0.5) is 18.9 Å². The second kappa shape index (κ2) is 2.69. The van der Waals surface area contributed by atoms with E-state index in [-0.39, 0.29) is 5.69 Å². The second-order valence-corrected chi connectivity index (χ2v) is 1.82. The van der Waals surface area contributed by atoms with Gasteiger partial charge in [-0.25, -0.2) is 13.2 Å². The summed E-state index contributed by atoms with van der Waals surface area (Å²) in [6, 6.07) is 1.16. The van der Waals surface area contributed by atoms with Crippen LogP contribution in [0, 0.1) is 17.5 Å². The fourth-order valence-corrected chi connectivity index (χ4v) is 0.600. The van der Waals surface area contributed by atoms with Crippen LogP contribution in [-0.4, -0.2) is 0 Å². The van der Waals surface area contributed by atoms with Crippen LogP contribution in [0.2, 0.25) is 0 Å². The zero-order valence-corrected chi connectivity index (χ0v) is 5.18. The van der Waals surface area contributed by atoms with Crippen molar-refractivity contribution in [1.82, 2.24) is 0 Å². The van der Waals surface area contributed by atoms with Crippen LogP contribution in [0.15, 0.2) is 17.2 Å². The molecule has 0 radical (unpaired) electrons. The topological polar surface area (TPSA) is 34.7 Å². The Morgan fingerprint density at radius 3 is 1.91 bits per heavy atom. The van der Waals surface area contributed by atoms with Gasteiger partial charge in [-0.1, -0.05) is 0 Å². The summed E-state index contributed by atoms with van der Waals surface area (Å²) in [5.41, 5.74) is 7.69. The molecule has 58 valence electrons. The normalized spacial score (nSPS) is 9.73. The number of halogens is 3. The largest absolute Gasteiger partial charge is 0.706 e. The summed E-state index contributed by atoms with van der Waals surface area (Å²) in [7, 11) is 0. The van der Waals surface area contributed by atoms with Gasteiger partial charge in [0.15, 0.2) is 17.5 Å². The Morgan fingerprint density at radius 2 is 1.55 bits per heavy atom. The minimum atomic E-state index is -1.57. The monoisotopic (exact) mass is 159 g/mol. The van der Waals surface area contributed by atoms with Crippen molar-refractivity contribution < 1.29 is 13.2 Å². The highest BCUT2D eigenvalue weighted by atomic mass is 19.2. The lowest BCUT2D eigenvalue weighted by molar-refractivity contribution is 0.447. The summed E-state index contributed by atoms with van der Waals surface area (Å²) in [4.78, 5) is 0. The van der Waals surface area contributed by atoms with Crippen LogP contribution in [0.5, 0.6) is 0 Å². The van der Waals surface area contributed by atoms with E-state index in [2.05, 4.69) is 5.11 Å². The standard InChI is InChI=1S/C6H2F3N2/c7-4-1-3(11-10)2-5(8)6(4)9/h1-2H/q-1. The number of hydrogen-bond donors (Lipinski definition) is 0. The Hall–Kier alpha value is -1.39. The fourth-order valence-electron chi connectivity index (χ4n) is 0.600. The molecule has 0 N–H and O–H groups in total. The predicted molar refractivity (Wildman–Crippen MR) is 31.8 cm³/mol. The first-order chi connectivity index (χ1) is 5.15. The van der Waals surface area contributed by atoms with E-state index < -0.39 is 17.5 Å². The molecule has 0 aliphatic rings. The first kappa shape index (κ1) is 7.71. The van der Waals surface area contributed by atoms with E-state index in [1.807, 2.05) is 0 Å². The van der Waals surface area contributed by atoms with Crippen molar-refractivity contribution in [3.05, 3.63) is 35.1 Å². The minimum Gasteiger partial charge on any atom is -0.706 e. The van der Waals surface area contributed by atoms with Crippen molar-refractivity contribution in [1.29, 1.82) is 0 Å². The molecule has 0 amide bonds. The number of nitrogens with zero attached hydrogens (tertiary/aromatic N) is 2. The quantitative estimate of drug-likeness (QED) is 0.446. The summed E-state index contributed by atoms with van der Waals surface area (Å²) >= 11 is 0. The maximum atomic E-state index is 12.2. The van der Waals surface area contributed by atoms with E-state index in [0.717, 1.165) is 0 Å². The molecule has 1 aromatic carbocycles. The predicted octanol–water partition coefficient (Wildman–Crippen LogP) is 2.76. The number of benzene rings is 1. The van der Waals surface area contributed by atoms with Crippen molar-refractivity contribution in [2.45, 2.75) is 0 Å². The van der Waals surface area contributed by atoms with Crippen LogP contribution in [0.1, 0.15) is 0 Å². The summed E-state index contributed by atoms with van der Waals surface area (Å²) in [6.45, 7) is 0. The van der Waals surface area contributed by atoms with Gasteiger partial charge in [0.1, 0.15) is 0 Å². The molecule has 0 aliphatic carbocycles. The van der Waals surface area contributed by atoms with Gasteiger partial charge < -0.3 is 10.6 Å². The van der Waals surface area contributed by atoms with Gasteiger partial charge in [-0.15, -0.1) is 0 Å². The smallest absolute Gasteiger partial charge is 0.194 e. The molecule has 0 aliphatic heterocycles. The van der Waals surface area contributed by atoms with Crippen molar-refractivity contribution in [2.75, 3.05) is 0 Å². The molecule has 0 bridgehead atoms. The average molecular weight is 159 g/mol. The summed E-state index contributed by atoms with van der Waals surface area (Å²) < 4.78 is 36.7. The molecule has 0 saturated heterocycles. The molecule has 0 fully saturated rings. The van der Waals surface area contributed by atoms with E-state index in [9.17, 15) is 13.2 Å². The third kappa shape index (κ3) is 1.36. The van der Waals surface area contributed by atoms with Crippen LogP contribution in [-0.2, 0) is 0 Å². The highest BCUT2D eigenvalue weighted by Gasteiger charge is 2.08. The van der Waals surface area contributed by atoms with Crippen LogP contribution >= 0.6 is 0 Å². The Bertz CT molecular complexity index is 275. The van der Waals surface area contributed by atoms with Crippen molar-refractivity contribution in [2.24, 2.45) is 5.11 Å². The molecular weight excluding hydrogens is 157 g/mol. The molecule has 2 nitrogen and oxygen atoms in total. The molecule has 0 spiro atoms. The van der Waals surface area contributed by atoms with Gasteiger partial charge in [0.25, 0.3) is 0 Å². The van der Waals surface area contributed by atoms with Gasteiger partial charge in [-0.2, -0.15) is 0 Å². The molecule has 1 rings (SSSR count). The lowest BCUT2D eigenvalue weighted by Crippen LogP contribution is -1.88. The van der Waals surface area contributed by atoms with E-state index in [1.165, 1.54) is 0 Å². The third-order valence-electron chi connectivity index (χ3n) is 1.08. The highest BCUT2D eigenvalue weighted by Crippen LogP contribution is 2.19. The molecule has 5 heteroatoms. The Kier molecular flexibility index (Phi) is 1.89. The third-order valence-corrected chi connectivity index (χ3v) is 1.08. The molecule has 0 unspecified atom stereocenters. The molecule has 1 aromatic rings. The van der Waals surface area contributed by atoms with Gasteiger partial charge in [-0.3, -0.25) is 0 Å². The van der Waals surface area contributed by atoms with Gasteiger partial charge in [-0.05, 0) is 0 Å². The van der Waals surface area contributed by atoms with Crippen molar-refractivity contribution in [3.8, 4) is 0 Å². The first-order valence-corrected chi connectivity index (χ1v) is 2.65. The van der Waals surface area contributed by atoms with Crippen molar-refractivity contribution >= 4 is 5.69 Å². The van der Waals surface area contributed by atoms with Crippen LogP contribution in [0.3, 0.4) is 0 Å². The van der Waals surface area contributed by atoms with Gasteiger partial charge in [0.05, 0.1) is 0 Å². The van der Waals surface area contributed by atoms with E-state index >= 15 is 0 Å². The molecular formula is C6H2F3N2-. The average Bonchev–Trinajstić information content (AvgIpc) is 1.99. The lowest BCUT2D eigenvalue weighted by atomic mass is 10.3. The highest BCUT2D eigenvalue weighted by molar-refractivity contribution is 5.37. The van der Waals surface area contributed by atoms with E-state index in [0.29, 0.717) is 12.1 Å². The summed E-state index contributed by atoms with van der Waals surface area (Å²) in [6.07, 6.45) is 0. The van der Waals surface area contributed by atoms with E-state index in [1.54, 1.807) is 0 Å². The maximum Gasteiger partial charge on any atom is 0.194 e. The summed E-state index contributed by atoms with van der Waals surface area (Å²) in [5.74, 6) is -4.33. The molecule has 0 heterocycles. The summed E-state index contributed by atoms with van der Waals surface area (Å²) in [5, 5.41) is 2.49. The zero-order chi connectivity index (χ0) is 8.43. The molecule has 0 saturated carbocycles. The van der Waals surface area contributed by atoms with Crippen LogP contribution < -0.4 is 0 Å². The Labute approximate surface area is 60.2 Å². The second-order valence-electron chi connectivity index (χ2n) is 1.82. The molecule has 0 aromatic heterocycles. The lowest BCUT2D eigenvalue weighted by Gasteiger charge is -1.98. The van der Waals surface area contributed by atoms with Gasteiger partial charge in [0.2, 0.25) is 0 Å². The minimum absolute atomic E-state index is 0.360. The fraction of sp³-hybridized carbons (Fsp3) is 0. The first-order valence-electron chi connectivity index (χ1n) is 2.65. The molecule has 0 atom stereocenters. The zero-order valence-electron chi connectivity index (χ0n) is 5.18. The SMILES string of the molecule is [N-]=Nc1cc(F)c(F)c(F)c1. The maximum absolute atomic E-state index is 12.2. The van der Waals surface area contributed by atoms with Gasteiger partial charge in [0, 0.05) is 17.8 Å². The molecule has 11 heavy (non-hydrogen) atoms. The van der Waals surface area contributed by atoms with E-state index in [4.69, 9.17) is 5.53 Å². The number of rotatable bonds is 1. The van der Waals surface area contributed by atoms with Gasteiger partial charge >= 0.3 is 0 Å².